The van der Waals surface area contributed by atoms with Crippen LogP contribution in [0.15, 0.2) is 30.0 Å². The van der Waals surface area contributed by atoms with Gasteiger partial charge in [0.2, 0.25) is 0 Å². The van der Waals surface area contributed by atoms with Crippen molar-refractivity contribution in [1.29, 1.82) is 0 Å². The van der Waals surface area contributed by atoms with Gasteiger partial charge >= 0.3 is 0 Å². The van der Waals surface area contributed by atoms with Gasteiger partial charge in [-0.2, -0.15) is 0 Å². The maximum Gasteiger partial charge on any atom is 0.172 e. The molecule has 6 nitrogen and oxygen atoms in total. The summed E-state index contributed by atoms with van der Waals surface area (Å²) >= 11 is 0. The van der Waals surface area contributed by atoms with Crippen LogP contribution in [0, 0.1) is 17.3 Å². The van der Waals surface area contributed by atoms with Gasteiger partial charge in [-0.25, -0.2) is 0 Å². The first-order chi connectivity index (χ1) is 12.1. The Hall–Kier alpha value is -1.89. The number of hydrogen-bond acceptors (Lipinski definition) is 6. The molecule has 3 aliphatic carbocycles. The fourth-order valence-corrected chi connectivity index (χ4v) is 6.11. The quantitative estimate of drug-likeness (QED) is 0.556. The highest BCUT2D eigenvalue weighted by Gasteiger charge is 2.74. The third-order valence-corrected chi connectivity index (χ3v) is 7.34. The van der Waals surface area contributed by atoms with Crippen LogP contribution in [0.1, 0.15) is 38.2 Å². The van der Waals surface area contributed by atoms with Crippen molar-refractivity contribution < 1.29 is 30.0 Å². The van der Waals surface area contributed by atoms with Crippen molar-refractivity contribution in [3.63, 3.8) is 0 Å². The van der Waals surface area contributed by atoms with Crippen LogP contribution in [0.4, 0.5) is 0 Å². The number of rotatable bonds is 0. The highest BCUT2D eigenvalue weighted by molar-refractivity contribution is 5.94. The maximum absolute atomic E-state index is 12.9. The molecule has 1 aromatic carbocycles. The molecule has 1 aromatic rings. The third-order valence-electron chi connectivity index (χ3n) is 7.34. The van der Waals surface area contributed by atoms with E-state index >= 15 is 0 Å². The zero-order chi connectivity index (χ0) is 18.6. The van der Waals surface area contributed by atoms with E-state index in [1.165, 1.54) is 12.3 Å². The van der Waals surface area contributed by atoms with Gasteiger partial charge in [0, 0.05) is 35.5 Å². The summed E-state index contributed by atoms with van der Waals surface area (Å²) in [6.45, 7) is 4.08. The zero-order valence-corrected chi connectivity index (χ0v) is 14.6. The van der Waals surface area contributed by atoms with E-state index in [1.54, 1.807) is 12.1 Å². The molecule has 1 unspecified atom stereocenters. The largest absolute Gasteiger partial charge is 0.508 e. The number of phenolic OH excluding ortho intramolecular Hbond substituents is 1. The molecule has 0 saturated heterocycles. The third kappa shape index (κ3) is 1.61. The minimum Gasteiger partial charge on any atom is -0.508 e. The van der Waals surface area contributed by atoms with Crippen molar-refractivity contribution in [2.75, 3.05) is 0 Å². The summed E-state index contributed by atoms with van der Waals surface area (Å²) < 4.78 is 5.66. The Morgan fingerprint density at radius 1 is 1.23 bits per heavy atom. The van der Waals surface area contributed by atoms with E-state index in [2.05, 4.69) is 0 Å². The topological polar surface area (TPSA) is 107 Å². The molecule has 3 fully saturated rings. The van der Waals surface area contributed by atoms with E-state index in [0.717, 1.165) is 5.56 Å². The van der Waals surface area contributed by atoms with Crippen LogP contribution >= 0.6 is 0 Å². The van der Waals surface area contributed by atoms with E-state index in [1.807, 2.05) is 13.8 Å². The average molecular weight is 358 g/mol. The number of ketones is 1. The summed E-state index contributed by atoms with van der Waals surface area (Å²) in [5, 5.41) is 42.9. The smallest absolute Gasteiger partial charge is 0.172 e. The van der Waals surface area contributed by atoms with Crippen LogP contribution in [0.2, 0.25) is 0 Å². The molecular weight excluding hydrogens is 336 g/mol. The number of aliphatic hydroxyl groups excluding tert-OH is 1. The minimum absolute atomic E-state index is 0.0772. The molecule has 5 rings (SSSR count). The van der Waals surface area contributed by atoms with Gasteiger partial charge in [-0.3, -0.25) is 4.79 Å². The molecular formula is C20H22O6. The van der Waals surface area contributed by atoms with Gasteiger partial charge < -0.3 is 25.2 Å². The second-order valence-electron chi connectivity index (χ2n) is 8.92. The van der Waals surface area contributed by atoms with Crippen molar-refractivity contribution in [1.82, 2.24) is 0 Å². The van der Waals surface area contributed by atoms with E-state index in [0.29, 0.717) is 11.3 Å². The number of phenols is 1. The predicted molar refractivity (Wildman–Crippen MR) is 90.5 cm³/mol. The average Bonchev–Trinajstić information content (AvgIpc) is 2.79. The first kappa shape index (κ1) is 16.3. The molecule has 26 heavy (non-hydrogen) atoms. The van der Waals surface area contributed by atoms with Gasteiger partial charge in [0.1, 0.15) is 11.5 Å². The van der Waals surface area contributed by atoms with Gasteiger partial charge in [0.05, 0.1) is 18.0 Å². The Morgan fingerprint density at radius 3 is 2.69 bits per heavy atom. The lowest BCUT2D eigenvalue weighted by Gasteiger charge is -2.57. The Labute approximate surface area is 150 Å². The Kier molecular flexibility index (Phi) is 2.82. The summed E-state index contributed by atoms with van der Waals surface area (Å²) in [5.41, 5.74) is -2.53. The van der Waals surface area contributed by atoms with Crippen LogP contribution in [-0.4, -0.2) is 43.5 Å². The number of benzene rings is 1. The predicted octanol–water partition coefficient (Wildman–Crippen LogP) is 1.22. The number of hydrogen-bond donors (Lipinski definition) is 4. The van der Waals surface area contributed by atoms with Crippen LogP contribution in [0.5, 0.6) is 11.5 Å². The molecule has 138 valence electrons. The van der Waals surface area contributed by atoms with Gasteiger partial charge in [0.25, 0.3) is 0 Å². The highest BCUT2D eigenvalue weighted by atomic mass is 16.5. The first-order valence-electron chi connectivity index (χ1n) is 8.97. The van der Waals surface area contributed by atoms with Crippen LogP contribution in [0.25, 0.3) is 0 Å². The summed E-state index contributed by atoms with van der Waals surface area (Å²) in [4.78, 5) is 12.9. The number of carbonyl (C=O) groups excluding carboxylic acids is 1. The molecule has 0 radical (unpaired) electrons. The lowest BCUT2D eigenvalue weighted by molar-refractivity contribution is -0.180. The molecule has 6 heteroatoms. The molecule has 3 saturated carbocycles. The molecule has 0 amide bonds. The molecule has 0 aromatic heterocycles. The van der Waals surface area contributed by atoms with Crippen LogP contribution in [0.3, 0.4) is 0 Å². The van der Waals surface area contributed by atoms with Crippen molar-refractivity contribution >= 4 is 5.78 Å². The zero-order valence-electron chi connectivity index (χ0n) is 14.6. The summed E-state index contributed by atoms with van der Waals surface area (Å²) in [7, 11) is 0. The van der Waals surface area contributed by atoms with Gasteiger partial charge in [-0.15, -0.1) is 0 Å². The van der Waals surface area contributed by atoms with Crippen molar-refractivity contribution in [3.8, 4) is 11.5 Å². The van der Waals surface area contributed by atoms with E-state index in [4.69, 9.17) is 4.74 Å². The maximum atomic E-state index is 12.9. The fraction of sp³-hybridized carbons (Fsp3) is 0.550. The second kappa shape index (κ2) is 4.50. The number of aromatic hydroxyl groups is 1. The fourth-order valence-electron chi connectivity index (χ4n) is 6.11. The van der Waals surface area contributed by atoms with Crippen molar-refractivity contribution in [2.45, 2.75) is 49.9 Å². The number of ether oxygens (including phenoxy) is 1. The summed E-state index contributed by atoms with van der Waals surface area (Å²) in [5.74, 6) is -1.19. The normalized spacial score (nSPS) is 44.7. The molecule has 4 aliphatic rings. The summed E-state index contributed by atoms with van der Waals surface area (Å²) in [6, 6.07) is 4.84. The standard InChI is InChI=1S/C20H22O6/c1-18(2)11-6-19(24)7-14(22)20(25,16(11)17(19)23)12-8-26-13-5-9(21)3-4-10(13)15(12)18/h3-5,8,11,15-17,21,23-25H,6-7H2,1-2H3/t11?,15-,16+,17-,19+,20+/m1/s1. The Morgan fingerprint density at radius 2 is 1.96 bits per heavy atom. The Bertz CT molecular complexity index is 873. The van der Waals surface area contributed by atoms with Crippen molar-refractivity contribution in [2.24, 2.45) is 17.3 Å². The lowest BCUT2D eigenvalue weighted by atomic mass is 9.49. The Balaban J connectivity index is 1.77. The monoisotopic (exact) mass is 358 g/mol. The van der Waals surface area contributed by atoms with E-state index in [9.17, 15) is 25.2 Å². The lowest BCUT2D eigenvalue weighted by Crippen LogP contribution is -2.66. The number of Topliss-reactive ketones (excluding diaryl/α,β-unsaturated/α-hetero) is 1. The van der Waals surface area contributed by atoms with Crippen LogP contribution in [-0.2, 0) is 4.79 Å². The van der Waals surface area contributed by atoms with E-state index < -0.39 is 34.4 Å². The minimum atomic E-state index is -1.84. The van der Waals surface area contributed by atoms with Crippen LogP contribution < -0.4 is 4.74 Å². The number of aliphatic hydroxyl groups is 3. The van der Waals surface area contributed by atoms with E-state index in [-0.39, 0.29) is 30.4 Å². The molecule has 2 bridgehead atoms. The SMILES string of the molecule is CC1(C)C2C[C@]3(O)CC(=O)[C@@](O)(C4=COc5cc(O)ccc5[C@H]41)[C@@H]2[C@H]3O. The molecule has 1 heterocycles. The molecule has 6 atom stereocenters. The number of fused-ring (bicyclic) bond motifs is 5. The number of carbonyl (C=O) groups is 1. The molecule has 0 spiro atoms. The first-order valence-corrected chi connectivity index (χ1v) is 8.97. The second-order valence-corrected chi connectivity index (χ2v) is 8.92. The van der Waals surface area contributed by atoms with Gasteiger partial charge in [-0.05, 0) is 23.8 Å². The molecule has 1 aliphatic heterocycles. The molecule has 4 N–H and O–H groups in total. The van der Waals surface area contributed by atoms with Gasteiger partial charge in [-0.1, -0.05) is 19.9 Å². The van der Waals surface area contributed by atoms with Gasteiger partial charge in [0.15, 0.2) is 11.4 Å². The highest BCUT2D eigenvalue weighted by Crippen LogP contribution is 2.69. The summed E-state index contributed by atoms with van der Waals surface area (Å²) in [6.07, 6.45) is 0.258. The van der Waals surface area contributed by atoms with Crippen molar-refractivity contribution in [3.05, 3.63) is 35.6 Å².